The standard InChI is InChI=1S/C25H26F5N3OS.C13H20N2/c26-35(27,28,29,30)22-13-11-21(12-14-22)24-32-18-23(25(34)33(24)17-15-20-8-4-9-20)31-16-5-10-19-6-2-1-3-7-19;1-4-5-12-6-7-15-10-13(12)8-11(2)9-14-3/h1-3,6-7,11-15,18,31H,4-5,8-10,16-17H2;6-8,10,14H,4-5,9H2,1-3H3/b;11-8+. The Morgan fingerprint density at radius 3 is 2.30 bits per heavy atom. The van der Waals surface area contributed by atoms with Gasteiger partial charge in [-0.2, -0.15) is 0 Å². The van der Waals surface area contributed by atoms with Gasteiger partial charge in [-0.15, -0.1) is 0 Å². The molecule has 12 heteroatoms. The second-order valence-corrected chi connectivity index (χ2v) is 14.9. The monoisotopic (exact) mass is 715 g/mol. The molecule has 270 valence electrons. The van der Waals surface area contributed by atoms with Crippen LogP contribution < -0.4 is 16.2 Å². The maximum atomic E-state index is 13.2. The third kappa shape index (κ3) is 11.4. The smallest absolute Gasteiger partial charge is 0.310 e. The molecule has 5 rings (SSSR count). The van der Waals surface area contributed by atoms with Gasteiger partial charge in [-0.3, -0.25) is 14.3 Å². The summed E-state index contributed by atoms with van der Waals surface area (Å²) in [5.41, 5.74) is 6.41. The first-order valence-electron chi connectivity index (χ1n) is 16.8. The summed E-state index contributed by atoms with van der Waals surface area (Å²) in [7, 11) is -7.82. The van der Waals surface area contributed by atoms with Crippen molar-refractivity contribution < 1.29 is 19.4 Å². The number of halogens is 5. The predicted molar refractivity (Wildman–Crippen MR) is 196 cm³/mol. The van der Waals surface area contributed by atoms with Gasteiger partial charge in [-0.1, -0.05) is 86.4 Å². The first-order valence-corrected chi connectivity index (χ1v) is 18.8. The molecule has 2 heterocycles. The topological polar surface area (TPSA) is 71.8 Å². The Bertz CT molecular complexity index is 1840. The van der Waals surface area contributed by atoms with Crippen molar-refractivity contribution in [3.63, 3.8) is 0 Å². The second kappa shape index (κ2) is 16.2. The van der Waals surface area contributed by atoms with Crippen LogP contribution in [0.5, 0.6) is 0 Å². The highest BCUT2D eigenvalue weighted by Gasteiger charge is 2.65. The Labute approximate surface area is 291 Å². The molecule has 50 heavy (non-hydrogen) atoms. The number of benzene rings is 2. The Morgan fingerprint density at radius 1 is 0.960 bits per heavy atom. The van der Waals surface area contributed by atoms with Gasteiger partial charge in [0.15, 0.2) is 0 Å². The number of hydrogen-bond acceptors (Lipinski definition) is 5. The number of likely N-dealkylation sites (N-methyl/N-ethyl adjacent to an activating group) is 1. The molecule has 0 unspecified atom stereocenters. The molecule has 1 fully saturated rings. The molecule has 0 spiro atoms. The molecule has 0 aliphatic heterocycles. The number of anilines is 1. The van der Waals surface area contributed by atoms with E-state index in [1.807, 2.05) is 55.8 Å². The van der Waals surface area contributed by atoms with Crippen molar-refractivity contribution in [2.45, 2.75) is 70.2 Å². The molecule has 0 saturated heterocycles. The number of aromatic nitrogens is 3. The second-order valence-electron chi connectivity index (χ2n) is 12.5. The van der Waals surface area contributed by atoms with E-state index in [2.05, 4.69) is 46.6 Å². The fourth-order valence-electron chi connectivity index (χ4n) is 5.50. The lowest BCUT2D eigenvalue weighted by atomic mass is 9.92. The number of aryl methyl sites for hydroxylation is 2. The van der Waals surface area contributed by atoms with Gasteiger partial charge in [-0.05, 0) is 99.5 Å². The minimum absolute atomic E-state index is 0.120. The zero-order valence-electron chi connectivity index (χ0n) is 28.8. The van der Waals surface area contributed by atoms with Crippen LogP contribution in [0.3, 0.4) is 0 Å². The number of allylic oxidation sites excluding steroid dienone is 2. The molecule has 0 radical (unpaired) electrons. The fraction of sp³-hybridized carbons (Fsp3) is 0.342. The minimum atomic E-state index is -9.78. The van der Waals surface area contributed by atoms with E-state index in [4.69, 9.17) is 0 Å². The van der Waals surface area contributed by atoms with Crippen LogP contribution >= 0.6 is 10.2 Å². The minimum Gasteiger partial charge on any atom is -0.379 e. The number of nitrogens with one attached hydrogen (secondary N) is 2. The largest absolute Gasteiger partial charge is 0.379 e. The van der Waals surface area contributed by atoms with Crippen LogP contribution in [0.4, 0.5) is 25.1 Å². The van der Waals surface area contributed by atoms with Crippen molar-refractivity contribution in [1.82, 2.24) is 19.9 Å². The summed E-state index contributed by atoms with van der Waals surface area (Å²) >= 11 is 0. The fourth-order valence-corrected chi connectivity index (χ4v) is 6.15. The van der Waals surface area contributed by atoms with Crippen LogP contribution in [-0.2, 0) is 19.4 Å². The lowest BCUT2D eigenvalue weighted by Crippen LogP contribution is -2.26. The molecular formula is C38H46F5N5OS. The van der Waals surface area contributed by atoms with Crippen molar-refractivity contribution >= 4 is 22.0 Å². The van der Waals surface area contributed by atoms with Gasteiger partial charge in [0.05, 0.1) is 6.20 Å². The molecule has 1 aliphatic carbocycles. The maximum Gasteiger partial charge on any atom is 0.310 e. The molecule has 2 aromatic carbocycles. The zero-order chi connectivity index (χ0) is 36.3. The van der Waals surface area contributed by atoms with Gasteiger partial charge in [-0.25, -0.2) is 4.98 Å². The van der Waals surface area contributed by atoms with Gasteiger partial charge < -0.3 is 10.6 Å². The van der Waals surface area contributed by atoms with Gasteiger partial charge in [0, 0.05) is 37.6 Å². The van der Waals surface area contributed by atoms with E-state index in [1.165, 1.54) is 45.0 Å². The first kappa shape index (κ1) is 38.5. The van der Waals surface area contributed by atoms with Gasteiger partial charge in [0.1, 0.15) is 16.4 Å². The SMILES string of the molecule is CCCc1ccncc1/C=C(\C)CNC.O=c1c(NCCCc2ccccc2)cnc(-c2ccc(S(F)(F)(F)(F)F)cc2)n1CC=C1CCC1. The lowest BCUT2D eigenvalue weighted by molar-refractivity contribution is 0.364. The Morgan fingerprint density at radius 2 is 1.68 bits per heavy atom. The molecule has 0 atom stereocenters. The van der Waals surface area contributed by atoms with Crippen LogP contribution in [0.2, 0.25) is 0 Å². The van der Waals surface area contributed by atoms with Crippen LogP contribution in [-0.4, -0.2) is 34.7 Å². The highest BCUT2D eigenvalue weighted by atomic mass is 32.5. The van der Waals surface area contributed by atoms with Crippen molar-refractivity contribution in [2.24, 2.45) is 0 Å². The summed E-state index contributed by atoms with van der Waals surface area (Å²) in [5.74, 6) is 0.120. The average Bonchev–Trinajstić information content (AvgIpc) is 3.05. The van der Waals surface area contributed by atoms with Gasteiger partial charge in [0.25, 0.3) is 5.56 Å². The summed E-state index contributed by atoms with van der Waals surface area (Å²) in [4.78, 5) is 19.7. The maximum absolute atomic E-state index is 13.2. The molecular weight excluding hydrogens is 670 g/mol. The normalized spacial score (nSPS) is 14.5. The van der Waals surface area contributed by atoms with Crippen molar-refractivity contribution in [3.05, 3.63) is 124 Å². The van der Waals surface area contributed by atoms with Crippen LogP contribution in [0.25, 0.3) is 17.5 Å². The van der Waals surface area contributed by atoms with Gasteiger partial charge >= 0.3 is 10.2 Å². The average molecular weight is 716 g/mol. The molecule has 1 saturated carbocycles. The number of nitrogens with zero attached hydrogens (tertiary/aromatic N) is 3. The van der Waals surface area contributed by atoms with E-state index in [-0.39, 0.29) is 29.2 Å². The van der Waals surface area contributed by atoms with E-state index in [0.29, 0.717) is 18.7 Å². The summed E-state index contributed by atoms with van der Waals surface area (Å²) in [5, 5.41) is 6.25. The Kier molecular flexibility index (Phi) is 12.4. The molecule has 2 aromatic heterocycles. The summed E-state index contributed by atoms with van der Waals surface area (Å²) in [6.45, 7) is 6.00. The molecule has 1 aliphatic rings. The summed E-state index contributed by atoms with van der Waals surface area (Å²) in [6.07, 6.45) is 16.2. The predicted octanol–water partition coefficient (Wildman–Crippen LogP) is 10.4. The van der Waals surface area contributed by atoms with Crippen LogP contribution in [0.1, 0.15) is 62.6 Å². The van der Waals surface area contributed by atoms with Gasteiger partial charge in [0.2, 0.25) is 0 Å². The molecule has 0 amide bonds. The number of hydrogen-bond donors (Lipinski definition) is 2. The molecule has 4 aromatic rings. The highest BCUT2D eigenvalue weighted by Crippen LogP contribution is 3.02. The molecule has 6 nitrogen and oxygen atoms in total. The van der Waals surface area contributed by atoms with Crippen molar-refractivity contribution in [1.29, 1.82) is 0 Å². The van der Waals surface area contributed by atoms with Crippen LogP contribution in [0, 0.1) is 0 Å². The van der Waals surface area contributed by atoms with E-state index in [9.17, 15) is 24.2 Å². The highest BCUT2D eigenvalue weighted by molar-refractivity contribution is 8.45. The van der Waals surface area contributed by atoms with E-state index < -0.39 is 15.1 Å². The van der Waals surface area contributed by atoms with Crippen molar-refractivity contribution in [2.75, 3.05) is 25.5 Å². The van der Waals surface area contributed by atoms with E-state index in [1.54, 1.807) is 0 Å². The lowest BCUT2D eigenvalue weighted by Gasteiger charge is -2.40. The molecule has 0 bridgehead atoms. The number of pyridine rings is 1. The first-order chi connectivity index (χ1) is 23.7. The van der Waals surface area contributed by atoms with E-state index >= 15 is 0 Å². The zero-order valence-corrected chi connectivity index (χ0v) is 29.6. The summed E-state index contributed by atoms with van der Waals surface area (Å²) in [6, 6.07) is 14.6. The third-order valence-corrected chi connectivity index (χ3v) is 9.45. The number of rotatable bonds is 14. The van der Waals surface area contributed by atoms with E-state index in [0.717, 1.165) is 57.2 Å². The van der Waals surface area contributed by atoms with Crippen LogP contribution in [0.15, 0.2) is 106 Å². The summed E-state index contributed by atoms with van der Waals surface area (Å²) < 4.78 is 66.9. The Hall–Kier alpha value is -4.29. The third-order valence-electron chi connectivity index (χ3n) is 8.29. The molecule has 2 N–H and O–H groups in total. The Balaban J connectivity index is 0.000000314. The quantitative estimate of drug-likeness (QED) is 0.0773. The van der Waals surface area contributed by atoms with Crippen molar-refractivity contribution in [3.8, 4) is 11.4 Å².